The molecule has 0 aliphatic carbocycles. The van der Waals surface area contributed by atoms with Gasteiger partial charge in [0.15, 0.2) is 0 Å². The van der Waals surface area contributed by atoms with Crippen LogP contribution < -0.4 is 0 Å². The fourth-order valence-electron chi connectivity index (χ4n) is 4.68. The van der Waals surface area contributed by atoms with Gasteiger partial charge in [-0.15, -0.1) is 0 Å². The summed E-state index contributed by atoms with van der Waals surface area (Å²) >= 11 is 0. The maximum atomic E-state index is 13.8. The van der Waals surface area contributed by atoms with Gasteiger partial charge in [0.2, 0.25) is 10.0 Å². The Kier molecular flexibility index (Phi) is 7.29. The summed E-state index contributed by atoms with van der Waals surface area (Å²) < 4.78 is 29.4. The van der Waals surface area contributed by atoms with Crippen LogP contribution in [0.3, 0.4) is 0 Å². The molecule has 0 N–H and O–H groups in total. The van der Waals surface area contributed by atoms with Gasteiger partial charge in [-0.05, 0) is 61.1 Å². The smallest absolute Gasteiger partial charge is 0.243 e. The number of hydrogen-bond acceptors (Lipinski definition) is 4. The molecule has 0 saturated carbocycles. The molecule has 2 atom stereocenters. The van der Waals surface area contributed by atoms with Crippen LogP contribution in [0.5, 0.6) is 0 Å². The van der Waals surface area contributed by atoms with E-state index >= 15 is 0 Å². The van der Waals surface area contributed by atoms with Crippen LogP contribution in [0.15, 0.2) is 83.8 Å². The molecule has 1 saturated heterocycles. The second-order valence-electron chi connectivity index (χ2n) is 8.53. The van der Waals surface area contributed by atoms with E-state index in [4.69, 9.17) is 4.84 Å². The lowest BCUT2D eigenvalue weighted by Gasteiger charge is -2.41. The van der Waals surface area contributed by atoms with Crippen molar-refractivity contribution in [2.45, 2.75) is 43.7 Å². The van der Waals surface area contributed by atoms with Gasteiger partial charge in [0.1, 0.15) is 0 Å². The number of hydrogen-bond donors (Lipinski definition) is 0. The summed E-state index contributed by atoms with van der Waals surface area (Å²) in [5.41, 5.74) is 3.97. The molecule has 4 rings (SSSR count). The Morgan fingerprint density at radius 2 is 1.67 bits per heavy atom. The zero-order chi connectivity index (χ0) is 23.4. The van der Waals surface area contributed by atoms with E-state index in [1.807, 2.05) is 68.4 Å². The van der Waals surface area contributed by atoms with Crippen molar-refractivity contribution in [3.8, 4) is 11.1 Å². The van der Waals surface area contributed by atoms with Crippen molar-refractivity contribution in [2.75, 3.05) is 20.2 Å². The molecule has 0 unspecified atom stereocenters. The highest BCUT2D eigenvalue weighted by molar-refractivity contribution is 7.89. The molecule has 0 amide bonds. The number of benzene rings is 3. The first-order chi connectivity index (χ1) is 15.9. The first-order valence-electron chi connectivity index (χ1n) is 11.5. The van der Waals surface area contributed by atoms with E-state index in [1.165, 1.54) is 0 Å². The molecule has 0 aromatic heterocycles. The molecule has 1 aliphatic heterocycles. The molecule has 1 fully saturated rings. The molecule has 3 aromatic carbocycles. The topological polar surface area (TPSA) is 49.9 Å². The van der Waals surface area contributed by atoms with Crippen molar-refractivity contribution >= 4 is 10.0 Å². The largest absolute Gasteiger partial charge is 0.299 e. The van der Waals surface area contributed by atoms with Crippen molar-refractivity contribution in [2.24, 2.45) is 0 Å². The maximum Gasteiger partial charge on any atom is 0.243 e. The van der Waals surface area contributed by atoms with Gasteiger partial charge in [-0.2, -0.15) is 9.37 Å². The SMILES string of the molecule is CCON(C)[C@@H]1CCN(S(=O)(=O)c2ccccc2C)[C@H](c2cccc(-c3ccccc3)c2)C1. The summed E-state index contributed by atoms with van der Waals surface area (Å²) in [6.07, 6.45) is 1.39. The van der Waals surface area contributed by atoms with Crippen molar-refractivity contribution in [1.82, 2.24) is 9.37 Å². The Hall–Kier alpha value is -2.51. The van der Waals surface area contributed by atoms with Gasteiger partial charge in [-0.25, -0.2) is 8.42 Å². The predicted molar refractivity (Wildman–Crippen MR) is 132 cm³/mol. The number of aryl methyl sites for hydroxylation is 1. The number of piperidine rings is 1. The Morgan fingerprint density at radius 3 is 2.39 bits per heavy atom. The van der Waals surface area contributed by atoms with Crippen LogP contribution in [0.4, 0.5) is 0 Å². The van der Waals surface area contributed by atoms with Crippen LogP contribution in [0, 0.1) is 6.92 Å². The number of sulfonamides is 1. The van der Waals surface area contributed by atoms with Crippen LogP contribution in [-0.2, 0) is 14.9 Å². The van der Waals surface area contributed by atoms with Crippen LogP contribution in [0.25, 0.3) is 11.1 Å². The normalized spacial score (nSPS) is 19.6. The molecule has 1 aliphatic rings. The summed E-state index contributed by atoms with van der Waals surface area (Å²) in [6, 6.07) is 25.5. The van der Waals surface area contributed by atoms with Gasteiger partial charge in [-0.1, -0.05) is 66.7 Å². The van der Waals surface area contributed by atoms with E-state index in [0.29, 0.717) is 24.5 Å². The van der Waals surface area contributed by atoms with Crippen LogP contribution in [0.2, 0.25) is 0 Å². The minimum atomic E-state index is -3.65. The second kappa shape index (κ2) is 10.2. The number of nitrogens with zero attached hydrogens (tertiary/aromatic N) is 2. The lowest BCUT2D eigenvalue weighted by molar-refractivity contribution is -0.173. The molecular formula is C27H32N2O3S. The molecule has 33 heavy (non-hydrogen) atoms. The van der Waals surface area contributed by atoms with E-state index in [1.54, 1.807) is 16.4 Å². The van der Waals surface area contributed by atoms with E-state index in [0.717, 1.165) is 28.7 Å². The van der Waals surface area contributed by atoms with E-state index in [9.17, 15) is 8.42 Å². The summed E-state index contributed by atoms with van der Waals surface area (Å²) in [4.78, 5) is 6.13. The van der Waals surface area contributed by atoms with Crippen molar-refractivity contribution in [3.05, 3.63) is 90.0 Å². The second-order valence-corrected chi connectivity index (χ2v) is 10.4. The van der Waals surface area contributed by atoms with Crippen molar-refractivity contribution in [3.63, 3.8) is 0 Å². The zero-order valence-electron chi connectivity index (χ0n) is 19.5. The third-order valence-electron chi connectivity index (χ3n) is 6.43. The van der Waals surface area contributed by atoms with E-state index in [-0.39, 0.29) is 12.1 Å². The highest BCUT2D eigenvalue weighted by Crippen LogP contribution is 2.38. The van der Waals surface area contributed by atoms with Gasteiger partial charge in [-0.3, -0.25) is 4.84 Å². The van der Waals surface area contributed by atoms with Gasteiger partial charge < -0.3 is 0 Å². The molecule has 6 heteroatoms. The first-order valence-corrected chi connectivity index (χ1v) is 12.9. The Morgan fingerprint density at radius 1 is 0.970 bits per heavy atom. The van der Waals surface area contributed by atoms with Gasteiger partial charge in [0.25, 0.3) is 0 Å². The fraction of sp³-hybridized carbons (Fsp3) is 0.333. The third-order valence-corrected chi connectivity index (χ3v) is 8.50. The molecule has 0 bridgehead atoms. The summed E-state index contributed by atoms with van der Waals surface area (Å²) in [7, 11) is -1.71. The lowest BCUT2D eigenvalue weighted by atomic mass is 9.91. The summed E-state index contributed by atoms with van der Waals surface area (Å²) in [5, 5.41) is 1.89. The molecule has 1 heterocycles. The summed E-state index contributed by atoms with van der Waals surface area (Å²) in [6.45, 7) is 4.86. The van der Waals surface area contributed by atoms with Crippen LogP contribution in [-0.4, -0.2) is 44.0 Å². The van der Waals surface area contributed by atoms with Gasteiger partial charge >= 0.3 is 0 Å². The predicted octanol–water partition coefficient (Wildman–Crippen LogP) is 5.44. The molecule has 0 radical (unpaired) electrons. The van der Waals surface area contributed by atoms with E-state index in [2.05, 4.69) is 24.3 Å². The Bertz CT molecular complexity index is 1180. The van der Waals surface area contributed by atoms with Crippen LogP contribution >= 0.6 is 0 Å². The highest BCUT2D eigenvalue weighted by Gasteiger charge is 2.39. The third kappa shape index (κ3) is 5.04. The Balaban J connectivity index is 1.75. The standard InChI is InChI=1S/C27H32N2O3S/c1-4-32-28(3)25-17-18-29(33(30,31)27-16-9-8-11-21(27)2)26(20-25)24-15-10-14-23(19-24)22-12-6-5-7-13-22/h5-16,19,25-26H,4,17-18,20H2,1-3H3/t25-,26+/m1/s1. The number of hydroxylamine groups is 2. The minimum Gasteiger partial charge on any atom is -0.299 e. The first kappa shape index (κ1) is 23.6. The lowest BCUT2D eigenvalue weighted by Crippen LogP contribution is -2.47. The minimum absolute atomic E-state index is 0.138. The molecule has 174 valence electrons. The molecule has 5 nitrogen and oxygen atoms in total. The Labute approximate surface area is 197 Å². The van der Waals surface area contributed by atoms with Crippen molar-refractivity contribution < 1.29 is 13.3 Å². The molecule has 3 aromatic rings. The van der Waals surface area contributed by atoms with Gasteiger partial charge in [0.05, 0.1) is 17.5 Å². The average Bonchev–Trinajstić information content (AvgIpc) is 2.84. The van der Waals surface area contributed by atoms with Gasteiger partial charge in [0, 0.05) is 19.6 Å². The van der Waals surface area contributed by atoms with Crippen molar-refractivity contribution in [1.29, 1.82) is 0 Å². The van der Waals surface area contributed by atoms with E-state index < -0.39 is 10.0 Å². The summed E-state index contributed by atoms with van der Waals surface area (Å²) in [5.74, 6) is 0. The highest BCUT2D eigenvalue weighted by atomic mass is 32.2. The molecular weight excluding hydrogens is 432 g/mol. The molecule has 0 spiro atoms. The fourth-order valence-corrected chi connectivity index (χ4v) is 6.55. The monoisotopic (exact) mass is 464 g/mol. The zero-order valence-corrected chi connectivity index (χ0v) is 20.3. The average molecular weight is 465 g/mol. The quantitative estimate of drug-likeness (QED) is 0.437. The van der Waals surface area contributed by atoms with Crippen LogP contribution in [0.1, 0.15) is 36.9 Å². The number of rotatable bonds is 7. The maximum absolute atomic E-state index is 13.8.